The first kappa shape index (κ1) is 46.2. The van der Waals surface area contributed by atoms with Crippen LogP contribution in [-0.2, 0) is 23.8 Å². The Kier molecular flexibility index (Phi) is 15.1. The van der Waals surface area contributed by atoms with Crippen LogP contribution in [0.1, 0.15) is 108 Å². The molecule has 1 saturated heterocycles. The number of esters is 1. The van der Waals surface area contributed by atoms with Gasteiger partial charge < -0.3 is 44.7 Å². The van der Waals surface area contributed by atoms with Crippen molar-refractivity contribution in [1.82, 2.24) is 5.01 Å². The number of carbonyl (C=O) groups excluding carboxylic acids is 3. The number of fused-ring (bicyclic) bond motifs is 14. The van der Waals surface area contributed by atoms with E-state index < -0.39 is 77.3 Å². The maximum absolute atomic E-state index is 14.5. The molecule has 0 saturated carbocycles. The van der Waals surface area contributed by atoms with Crippen LogP contribution in [0, 0.1) is 30.6 Å². The van der Waals surface area contributed by atoms with Crippen molar-refractivity contribution in [3.05, 3.63) is 58.9 Å². The first-order chi connectivity index (χ1) is 28.4. The highest BCUT2D eigenvalue weighted by Crippen LogP contribution is 2.51. The normalized spacial score (nSPS) is 32.0. The van der Waals surface area contributed by atoms with E-state index in [1.165, 1.54) is 40.1 Å². The number of amides is 1. The highest BCUT2D eigenvalue weighted by atomic mass is 16.7. The van der Waals surface area contributed by atoms with E-state index in [1.807, 2.05) is 5.01 Å². The molecule has 4 heterocycles. The summed E-state index contributed by atoms with van der Waals surface area (Å²) in [5, 5.41) is 56.2. The SMILES string of the molecule is COC1/C=C/OC2(C)Oc3c(C)c(O)c4c(O)c(c(/C=N/N5CCCCCCCC5)cc4c3C2=O)NC(=O)/C(C)=C\C=C\C(C)C(O)C(C)C(O)C(C)C(OC(C)=O)C1C. The predicted octanol–water partition coefficient (Wildman–Crippen LogP) is 7.04. The molecule has 1 fully saturated rings. The van der Waals surface area contributed by atoms with Crippen LogP contribution < -0.4 is 10.1 Å². The summed E-state index contributed by atoms with van der Waals surface area (Å²) in [4.78, 5) is 40.6. The number of aliphatic hydroxyl groups is 2. The Hall–Kier alpha value is -4.92. The number of phenols is 2. The molecule has 4 aliphatic heterocycles. The van der Waals surface area contributed by atoms with Gasteiger partial charge in [0, 0.05) is 79.8 Å². The second-order valence-electron chi connectivity index (χ2n) is 16.8. The number of anilines is 1. The number of benzene rings is 2. The van der Waals surface area contributed by atoms with Crippen LogP contribution in [0.2, 0.25) is 0 Å². The smallest absolute Gasteiger partial charge is 0.312 e. The molecule has 4 aliphatic rings. The molecule has 14 nitrogen and oxygen atoms in total. The molecule has 6 rings (SSSR count). The van der Waals surface area contributed by atoms with Gasteiger partial charge in [0.1, 0.15) is 17.6 Å². The molecule has 0 radical (unpaired) electrons. The average molecular weight is 834 g/mol. The zero-order valence-electron chi connectivity index (χ0n) is 36.4. The fourth-order valence-corrected chi connectivity index (χ4v) is 8.45. The lowest BCUT2D eigenvalue weighted by Crippen LogP contribution is -2.46. The number of ketones is 1. The van der Waals surface area contributed by atoms with E-state index in [-0.39, 0.29) is 50.2 Å². The largest absolute Gasteiger partial charge is 0.507 e. The number of hydrazone groups is 1. The summed E-state index contributed by atoms with van der Waals surface area (Å²) in [6, 6.07) is 1.60. The molecule has 0 aliphatic carbocycles. The maximum Gasteiger partial charge on any atom is 0.312 e. The monoisotopic (exact) mass is 833 g/mol. The lowest BCUT2D eigenvalue weighted by atomic mass is 9.78. The highest BCUT2D eigenvalue weighted by Gasteiger charge is 2.49. The van der Waals surface area contributed by atoms with Gasteiger partial charge in [-0.2, -0.15) is 5.10 Å². The summed E-state index contributed by atoms with van der Waals surface area (Å²) in [7, 11) is 1.47. The van der Waals surface area contributed by atoms with Crippen LogP contribution in [-0.4, -0.2) is 99.7 Å². The van der Waals surface area contributed by atoms with Gasteiger partial charge in [-0.05, 0) is 38.8 Å². The predicted molar refractivity (Wildman–Crippen MR) is 229 cm³/mol. The van der Waals surface area contributed by atoms with Crippen molar-refractivity contribution in [3.63, 3.8) is 0 Å². The molecule has 2 aromatic carbocycles. The number of aromatic hydroxyl groups is 2. The van der Waals surface area contributed by atoms with E-state index in [2.05, 4.69) is 5.32 Å². The van der Waals surface area contributed by atoms with Crippen LogP contribution in [0.4, 0.5) is 5.69 Å². The molecule has 60 heavy (non-hydrogen) atoms. The minimum absolute atomic E-state index is 0.0119. The molecule has 5 bridgehead atoms. The standard InChI is InChI=1S/C46H63N3O11/c1-25-17-16-18-26(2)45(56)48-37-32(24-47-49-20-14-12-10-11-13-15-21-49)23-33-35(41(37)54)40(53)30(6)43-36(33)44(55)46(8,60-43)58-22-19-34(57-9)27(3)42(59-31(7)50)29(5)39(52)28(4)38(25)51/h16-19,22-25,27-29,34,38-39,42,51-54H,10-15,20-21H2,1-9H3,(H,48,56)/b17-16+,22-19+,26-18-,47-24+. The summed E-state index contributed by atoms with van der Waals surface area (Å²) < 4.78 is 23.8. The minimum atomic E-state index is -1.92. The first-order valence-electron chi connectivity index (χ1n) is 21.1. The van der Waals surface area contributed by atoms with E-state index in [4.69, 9.17) is 24.0 Å². The Bertz CT molecular complexity index is 2030. The van der Waals surface area contributed by atoms with E-state index in [1.54, 1.807) is 78.1 Å². The first-order valence-corrected chi connectivity index (χ1v) is 21.1. The molecule has 1 amide bonds. The number of allylic oxidation sites excluding steroid dienone is 2. The van der Waals surface area contributed by atoms with Crippen LogP contribution >= 0.6 is 0 Å². The van der Waals surface area contributed by atoms with Crippen molar-refractivity contribution in [2.75, 3.05) is 25.5 Å². The molecule has 0 aromatic heterocycles. The molecular formula is C46H63N3O11. The summed E-state index contributed by atoms with van der Waals surface area (Å²) >= 11 is 0. The number of rotatable bonds is 4. The summed E-state index contributed by atoms with van der Waals surface area (Å²) in [6.45, 7) is 14.4. The van der Waals surface area contributed by atoms with Gasteiger partial charge in [-0.1, -0.05) is 71.6 Å². The Morgan fingerprint density at radius 1 is 0.950 bits per heavy atom. The molecule has 9 atom stereocenters. The van der Waals surface area contributed by atoms with E-state index >= 15 is 0 Å². The lowest BCUT2D eigenvalue weighted by Gasteiger charge is -2.38. The van der Waals surface area contributed by atoms with Crippen molar-refractivity contribution in [3.8, 4) is 17.2 Å². The van der Waals surface area contributed by atoms with Gasteiger partial charge in [0.15, 0.2) is 5.75 Å². The van der Waals surface area contributed by atoms with Crippen molar-refractivity contribution in [2.24, 2.45) is 28.8 Å². The number of methoxy groups -OCH3 is 1. The third-order valence-electron chi connectivity index (χ3n) is 12.3. The number of ether oxygens (including phenoxy) is 4. The number of Topliss-reactive ketones (excluding diaryl/α,β-unsaturated/α-hetero) is 1. The van der Waals surface area contributed by atoms with Crippen molar-refractivity contribution in [1.29, 1.82) is 0 Å². The number of aliphatic hydroxyl groups excluding tert-OH is 2. The number of nitrogens with zero attached hydrogens (tertiary/aromatic N) is 2. The summed E-state index contributed by atoms with van der Waals surface area (Å²) in [5.74, 6) is -6.73. The van der Waals surface area contributed by atoms with Gasteiger partial charge >= 0.3 is 11.8 Å². The number of hydrogen-bond donors (Lipinski definition) is 5. The van der Waals surface area contributed by atoms with Crippen molar-refractivity contribution in [2.45, 2.75) is 124 Å². The Morgan fingerprint density at radius 2 is 1.60 bits per heavy atom. The third-order valence-corrected chi connectivity index (χ3v) is 12.3. The van der Waals surface area contributed by atoms with Gasteiger partial charge in [0.05, 0.1) is 47.4 Å². The van der Waals surface area contributed by atoms with E-state index in [0.29, 0.717) is 0 Å². The van der Waals surface area contributed by atoms with Gasteiger partial charge in [-0.15, -0.1) is 0 Å². The second kappa shape index (κ2) is 19.6. The zero-order chi connectivity index (χ0) is 44.1. The second-order valence-corrected chi connectivity index (χ2v) is 16.8. The van der Waals surface area contributed by atoms with Crippen LogP contribution in [0.5, 0.6) is 17.2 Å². The van der Waals surface area contributed by atoms with Gasteiger partial charge in [0.25, 0.3) is 11.7 Å². The lowest BCUT2D eigenvalue weighted by molar-refractivity contribution is -0.160. The van der Waals surface area contributed by atoms with Crippen LogP contribution in [0.25, 0.3) is 10.8 Å². The third kappa shape index (κ3) is 9.82. The van der Waals surface area contributed by atoms with Gasteiger partial charge in [0.2, 0.25) is 0 Å². The zero-order valence-corrected chi connectivity index (χ0v) is 36.4. The van der Waals surface area contributed by atoms with E-state index in [0.717, 1.165) is 38.8 Å². The number of hydrogen-bond acceptors (Lipinski definition) is 13. The maximum atomic E-state index is 14.5. The van der Waals surface area contributed by atoms with Gasteiger partial charge in [-0.3, -0.25) is 19.4 Å². The van der Waals surface area contributed by atoms with Crippen LogP contribution in [0.15, 0.2) is 47.3 Å². The van der Waals surface area contributed by atoms with Crippen molar-refractivity contribution < 1.29 is 53.8 Å². The molecule has 0 spiro atoms. The average Bonchev–Trinajstić information content (AvgIpc) is 3.55. The number of nitrogens with one attached hydrogen (secondary N) is 1. The molecule has 5 N–H and O–H groups in total. The molecule has 9 unspecified atom stereocenters. The van der Waals surface area contributed by atoms with Crippen LogP contribution in [0.3, 0.4) is 0 Å². The van der Waals surface area contributed by atoms with Gasteiger partial charge in [-0.25, -0.2) is 0 Å². The molecule has 14 heteroatoms. The van der Waals surface area contributed by atoms with Crippen molar-refractivity contribution >= 4 is 40.3 Å². The van der Waals surface area contributed by atoms with E-state index in [9.17, 15) is 34.8 Å². The topological polar surface area (TPSA) is 197 Å². The summed E-state index contributed by atoms with van der Waals surface area (Å²) in [5.41, 5.74) is 0.775. The highest BCUT2D eigenvalue weighted by molar-refractivity contribution is 6.21. The fourth-order valence-electron chi connectivity index (χ4n) is 8.45. The number of phenolic OH excluding ortho intramolecular Hbond substituents is 2. The Labute approximate surface area is 352 Å². The summed E-state index contributed by atoms with van der Waals surface area (Å²) in [6.07, 6.45) is 12.0. The quantitative estimate of drug-likeness (QED) is 0.120. The number of carbonyl (C=O) groups is 3. The Morgan fingerprint density at radius 3 is 2.23 bits per heavy atom. The minimum Gasteiger partial charge on any atom is -0.507 e. The molecular weight excluding hydrogens is 771 g/mol. The molecule has 328 valence electrons. The fraction of sp³-hybridized carbons (Fsp3) is 0.565. The Balaban J connectivity index is 1.67. The molecule has 2 aromatic rings.